The second-order valence-electron chi connectivity index (χ2n) is 4.33. The molecule has 3 heteroatoms. The minimum absolute atomic E-state index is 0.210. The van der Waals surface area contributed by atoms with Gasteiger partial charge in [-0.1, -0.05) is 0 Å². The van der Waals surface area contributed by atoms with Crippen LogP contribution in [0.15, 0.2) is 0 Å². The molecule has 0 aromatic carbocycles. The quantitative estimate of drug-likeness (QED) is 0.692. The highest BCUT2D eigenvalue weighted by molar-refractivity contribution is 5.77. The summed E-state index contributed by atoms with van der Waals surface area (Å²) < 4.78 is 0. The first kappa shape index (κ1) is 10.7. The van der Waals surface area contributed by atoms with Crippen molar-refractivity contribution in [2.75, 3.05) is 19.6 Å². The van der Waals surface area contributed by atoms with Gasteiger partial charge in [0, 0.05) is 6.54 Å². The highest BCUT2D eigenvalue weighted by Gasteiger charge is 2.24. The van der Waals surface area contributed by atoms with Crippen molar-refractivity contribution in [3.05, 3.63) is 0 Å². The molecule has 3 nitrogen and oxygen atoms in total. The first-order chi connectivity index (χ1) is 5.99. The number of Topliss-reactive ketones (excluding diaryl/α,β-unsaturated/α-hetero) is 1. The number of hydrogen-bond acceptors (Lipinski definition) is 3. The molecular weight excluding hydrogens is 166 g/mol. The van der Waals surface area contributed by atoms with Crippen molar-refractivity contribution in [2.45, 2.75) is 38.7 Å². The summed E-state index contributed by atoms with van der Waals surface area (Å²) in [6, 6.07) is 0. The Hall–Kier alpha value is -0.410. The van der Waals surface area contributed by atoms with E-state index >= 15 is 0 Å². The molecular formula is C10H19NO2. The maximum Gasteiger partial charge on any atom is 0.143 e. The van der Waals surface area contributed by atoms with Crippen molar-refractivity contribution in [3.8, 4) is 0 Å². The summed E-state index contributed by atoms with van der Waals surface area (Å²) in [4.78, 5) is 13.0. The fourth-order valence-corrected chi connectivity index (χ4v) is 1.79. The number of nitrogens with zero attached hydrogens (tertiary/aromatic N) is 1. The minimum Gasteiger partial charge on any atom is -0.390 e. The van der Waals surface area contributed by atoms with Crippen LogP contribution in [0.2, 0.25) is 0 Å². The SMILES string of the molecule is CC(=O)CN1CCCC(C)(O)CC1. The second kappa shape index (κ2) is 4.20. The normalized spacial score (nSPS) is 31.3. The van der Waals surface area contributed by atoms with Crippen LogP contribution in [0.4, 0.5) is 0 Å². The highest BCUT2D eigenvalue weighted by atomic mass is 16.3. The number of likely N-dealkylation sites (tertiary alicyclic amines) is 1. The van der Waals surface area contributed by atoms with Crippen molar-refractivity contribution < 1.29 is 9.90 Å². The summed E-state index contributed by atoms with van der Waals surface area (Å²) in [5.74, 6) is 0.210. The molecule has 0 aliphatic carbocycles. The van der Waals surface area contributed by atoms with Crippen molar-refractivity contribution in [3.63, 3.8) is 0 Å². The van der Waals surface area contributed by atoms with Gasteiger partial charge in [0.15, 0.2) is 0 Å². The van der Waals surface area contributed by atoms with Crippen LogP contribution in [-0.2, 0) is 4.79 Å². The van der Waals surface area contributed by atoms with Gasteiger partial charge in [0.05, 0.1) is 12.1 Å². The standard InChI is InChI=1S/C10H19NO2/c1-9(12)8-11-6-3-4-10(2,13)5-7-11/h13H,3-8H2,1-2H3. The van der Waals surface area contributed by atoms with Gasteiger partial charge < -0.3 is 5.11 Å². The van der Waals surface area contributed by atoms with Crippen molar-refractivity contribution in [1.82, 2.24) is 4.90 Å². The molecule has 1 rings (SSSR count). The third-order valence-corrected chi connectivity index (χ3v) is 2.60. The van der Waals surface area contributed by atoms with E-state index in [1.165, 1.54) is 0 Å². The Morgan fingerprint density at radius 1 is 1.46 bits per heavy atom. The molecule has 1 unspecified atom stereocenters. The molecule has 1 heterocycles. The van der Waals surface area contributed by atoms with Crippen LogP contribution < -0.4 is 0 Å². The predicted molar refractivity (Wildman–Crippen MR) is 51.6 cm³/mol. The van der Waals surface area contributed by atoms with Crippen LogP contribution in [0.25, 0.3) is 0 Å². The molecule has 0 spiro atoms. The number of ketones is 1. The molecule has 0 amide bonds. The molecule has 1 N–H and O–H groups in total. The lowest BCUT2D eigenvalue weighted by atomic mass is 9.98. The molecule has 1 fully saturated rings. The number of carbonyl (C=O) groups is 1. The maximum atomic E-state index is 10.9. The molecule has 0 aromatic rings. The first-order valence-corrected chi connectivity index (χ1v) is 4.94. The third kappa shape index (κ3) is 3.87. The monoisotopic (exact) mass is 185 g/mol. The lowest BCUT2D eigenvalue weighted by Gasteiger charge is -2.21. The molecule has 1 aliphatic heterocycles. The van der Waals surface area contributed by atoms with E-state index in [9.17, 15) is 9.90 Å². The number of hydrogen-bond donors (Lipinski definition) is 1. The van der Waals surface area contributed by atoms with E-state index in [4.69, 9.17) is 0 Å². The average Bonchev–Trinajstić information content (AvgIpc) is 2.12. The molecule has 0 bridgehead atoms. The van der Waals surface area contributed by atoms with Gasteiger partial charge in [-0.25, -0.2) is 0 Å². The van der Waals surface area contributed by atoms with E-state index in [0.717, 1.165) is 32.4 Å². The van der Waals surface area contributed by atoms with Crippen molar-refractivity contribution in [1.29, 1.82) is 0 Å². The van der Waals surface area contributed by atoms with Gasteiger partial charge in [0.2, 0.25) is 0 Å². The van der Waals surface area contributed by atoms with Crippen LogP contribution in [0, 0.1) is 0 Å². The molecule has 76 valence electrons. The lowest BCUT2D eigenvalue weighted by molar-refractivity contribution is -0.118. The zero-order chi connectivity index (χ0) is 9.90. The van der Waals surface area contributed by atoms with Crippen molar-refractivity contribution in [2.24, 2.45) is 0 Å². The van der Waals surface area contributed by atoms with Gasteiger partial charge in [0.1, 0.15) is 5.78 Å². The topological polar surface area (TPSA) is 40.5 Å². The molecule has 0 radical (unpaired) electrons. The van der Waals surface area contributed by atoms with Gasteiger partial charge in [-0.05, 0) is 39.7 Å². The lowest BCUT2D eigenvalue weighted by Crippen LogP contribution is -2.31. The van der Waals surface area contributed by atoms with Crippen LogP contribution in [0.5, 0.6) is 0 Å². The fraction of sp³-hybridized carbons (Fsp3) is 0.900. The number of rotatable bonds is 2. The Balaban J connectivity index is 2.40. The van der Waals surface area contributed by atoms with Crippen LogP contribution >= 0.6 is 0 Å². The van der Waals surface area contributed by atoms with Gasteiger partial charge in [-0.3, -0.25) is 9.69 Å². The van der Waals surface area contributed by atoms with Gasteiger partial charge in [0.25, 0.3) is 0 Å². The van der Waals surface area contributed by atoms with E-state index in [0.29, 0.717) is 6.54 Å². The smallest absolute Gasteiger partial charge is 0.143 e. The van der Waals surface area contributed by atoms with Crippen LogP contribution in [0.3, 0.4) is 0 Å². The summed E-state index contributed by atoms with van der Waals surface area (Å²) in [5, 5.41) is 9.79. The summed E-state index contributed by atoms with van der Waals surface area (Å²) in [7, 11) is 0. The van der Waals surface area contributed by atoms with E-state index in [-0.39, 0.29) is 5.78 Å². The second-order valence-corrected chi connectivity index (χ2v) is 4.33. The molecule has 13 heavy (non-hydrogen) atoms. The van der Waals surface area contributed by atoms with Crippen LogP contribution in [-0.4, -0.2) is 41.0 Å². The minimum atomic E-state index is -0.522. The number of carbonyl (C=O) groups excluding carboxylic acids is 1. The van der Waals surface area contributed by atoms with Gasteiger partial charge >= 0.3 is 0 Å². The Morgan fingerprint density at radius 2 is 2.15 bits per heavy atom. The zero-order valence-corrected chi connectivity index (χ0v) is 8.55. The Labute approximate surface area is 79.7 Å². The molecule has 1 saturated heterocycles. The zero-order valence-electron chi connectivity index (χ0n) is 8.55. The molecule has 1 aliphatic rings. The third-order valence-electron chi connectivity index (χ3n) is 2.60. The maximum absolute atomic E-state index is 10.9. The first-order valence-electron chi connectivity index (χ1n) is 4.94. The Bertz CT molecular complexity index is 189. The summed E-state index contributed by atoms with van der Waals surface area (Å²) in [5.41, 5.74) is -0.522. The average molecular weight is 185 g/mol. The summed E-state index contributed by atoms with van der Waals surface area (Å²) in [6.07, 6.45) is 2.61. The van der Waals surface area contributed by atoms with E-state index in [1.54, 1.807) is 6.92 Å². The largest absolute Gasteiger partial charge is 0.390 e. The summed E-state index contributed by atoms with van der Waals surface area (Å²) >= 11 is 0. The van der Waals surface area contributed by atoms with Crippen LogP contribution in [0.1, 0.15) is 33.1 Å². The van der Waals surface area contributed by atoms with E-state index in [1.807, 2.05) is 6.92 Å². The molecule has 0 aromatic heterocycles. The molecule has 1 atom stereocenters. The number of aliphatic hydroxyl groups is 1. The van der Waals surface area contributed by atoms with Gasteiger partial charge in [-0.2, -0.15) is 0 Å². The van der Waals surface area contributed by atoms with E-state index < -0.39 is 5.60 Å². The Morgan fingerprint density at radius 3 is 2.77 bits per heavy atom. The van der Waals surface area contributed by atoms with Gasteiger partial charge in [-0.15, -0.1) is 0 Å². The van der Waals surface area contributed by atoms with Crippen molar-refractivity contribution >= 4 is 5.78 Å². The fourth-order valence-electron chi connectivity index (χ4n) is 1.79. The highest BCUT2D eigenvalue weighted by Crippen LogP contribution is 2.20. The summed E-state index contributed by atoms with van der Waals surface area (Å²) in [6.45, 7) is 5.81. The molecule has 0 saturated carbocycles. The predicted octanol–water partition coefficient (Wildman–Crippen LogP) is 0.812. The van der Waals surface area contributed by atoms with E-state index in [2.05, 4.69) is 4.90 Å². The Kier molecular flexibility index (Phi) is 3.45.